The van der Waals surface area contributed by atoms with Crippen LogP contribution in [0.4, 0.5) is 5.82 Å². The molecule has 1 aromatic carbocycles. The number of imide groups is 1. The molecule has 3 aromatic rings. The van der Waals surface area contributed by atoms with Gasteiger partial charge in [0.25, 0.3) is 11.8 Å². The quantitative estimate of drug-likeness (QED) is 0.428. The van der Waals surface area contributed by atoms with E-state index < -0.39 is 23.8 Å². The van der Waals surface area contributed by atoms with E-state index in [0.29, 0.717) is 29.3 Å². The van der Waals surface area contributed by atoms with E-state index in [-0.39, 0.29) is 6.54 Å². The summed E-state index contributed by atoms with van der Waals surface area (Å²) in [7, 11) is 0. The van der Waals surface area contributed by atoms with Gasteiger partial charge in [0, 0.05) is 24.8 Å². The van der Waals surface area contributed by atoms with Gasteiger partial charge in [0.05, 0.1) is 16.8 Å². The van der Waals surface area contributed by atoms with E-state index in [1.807, 2.05) is 18.4 Å². The summed E-state index contributed by atoms with van der Waals surface area (Å²) in [4.78, 5) is 51.3. The molecule has 1 unspecified atom stereocenters. The van der Waals surface area contributed by atoms with Crippen LogP contribution in [0, 0.1) is 13.8 Å². The number of amides is 3. The monoisotopic (exact) mass is 433 g/mol. The third kappa shape index (κ3) is 3.82. The fraction of sp³-hybridized carbons (Fsp3) is 0.273. The van der Waals surface area contributed by atoms with E-state index in [1.165, 1.54) is 13.3 Å². The first-order valence-electron chi connectivity index (χ1n) is 10.2. The molecule has 3 amide bonds. The summed E-state index contributed by atoms with van der Waals surface area (Å²) < 4.78 is 1.87. The number of aryl methyl sites for hydroxylation is 1. The Labute approximate surface area is 184 Å². The van der Waals surface area contributed by atoms with Crippen LogP contribution in [0.2, 0.25) is 0 Å². The van der Waals surface area contributed by atoms with Gasteiger partial charge in [-0.2, -0.15) is 0 Å². The zero-order chi connectivity index (χ0) is 22.8. The Kier molecular flexibility index (Phi) is 5.67. The minimum absolute atomic E-state index is 0.287. The average molecular weight is 433 g/mol. The zero-order valence-corrected chi connectivity index (χ0v) is 18.0. The average Bonchev–Trinajstić information content (AvgIpc) is 3.27. The molecule has 0 saturated heterocycles. The lowest BCUT2D eigenvalue weighted by atomic mass is 10.1. The predicted molar refractivity (Wildman–Crippen MR) is 117 cm³/mol. The van der Waals surface area contributed by atoms with Crippen LogP contribution in [-0.2, 0) is 4.79 Å². The smallest absolute Gasteiger partial charge is 0.262 e. The Morgan fingerprint density at radius 1 is 1.03 bits per heavy atom. The molecule has 4 rings (SSSR count). The highest BCUT2D eigenvalue weighted by Gasteiger charge is 2.40. The summed E-state index contributed by atoms with van der Waals surface area (Å²) >= 11 is 0. The van der Waals surface area contributed by atoms with Crippen molar-refractivity contribution in [2.75, 3.05) is 18.4 Å². The molecule has 1 atom stereocenters. The van der Waals surface area contributed by atoms with Crippen LogP contribution in [0.5, 0.6) is 0 Å². The first kappa shape index (κ1) is 21.2. The molecule has 0 spiro atoms. The fourth-order valence-electron chi connectivity index (χ4n) is 3.51. The first-order chi connectivity index (χ1) is 15.4. The molecule has 2 aromatic heterocycles. The van der Waals surface area contributed by atoms with E-state index >= 15 is 0 Å². The van der Waals surface area contributed by atoms with Crippen molar-refractivity contribution in [1.29, 1.82) is 0 Å². The number of nitrogens with one attached hydrogen (secondary N) is 2. The molecule has 10 nitrogen and oxygen atoms in total. The molecule has 0 fully saturated rings. The maximum atomic E-state index is 12.5. The van der Waals surface area contributed by atoms with E-state index in [2.05, 4.69) is 25.6 Å². The summed E-state index contributed by atoms with van der Waals surface area (Å²) in [5.74, 6) is -0.0312. The number of imidazole rings is 1. The lowest BCUT2D eigenvalue weighted by molar-refractivity contribution is -0.124. The van der Waals surface area contributed by atoms with Crippen LogP contribution < -0.4 is 10.6 Å². The van der Waals surface area contributed by atoms with Gasteiger partial charge in [0.15, 0.2) is 0 Å². The number of rotatable bonds is 7. The molecular formula is C22H23N7O3. The normalized spacial score (nSPS) is 13.8. The summed E-state index contributed by atoms with van der Waals surface area (Å²) in [6.07, 6.45) is 3.16. The second kappa shape index (κ2) is 8.58. The van der Waals surface area contributed by atoms with Crippen LogP contribution in [0.1, 0.15) is 39.0 Å². The van der Waals surface area contributed by atoms with Crippen LogP contribution in [0.25, 0.3) is 5.82 Å². The standard InChI is InChI=1S/C22H23N7O3/c1-13-14(2)28(12-27-13)19-10-18(25-11-26-19)23-8-9-24-20(30)15(3)29-21(31)16-6-4-5-7-17(16)22(29)32/h4-7,10-12,15H,8-9H2,1-3H3,(H,24,30)(H,23,25,26). The number of fused-ring (bicyclic) bond motifs is 1. The Bertz CT molecular complexity index is 1170. The van der Waals surface area contributed by atoms with Crippen molar-refractivity contribution in [2.45, 2.75) is 26.8 Å². The van der Waals surface area contributed by atoms with Gasteiger partial charge < -0.3 is 10.6 Å². The van der Waals surface area contributed by atoms with E-state index in [1.54, 1.807) is 36.7 Å². The first-order valence-corrected chi connectivity index (χ1v) is 10.2. The van der Waals surface area contributed by atoms with Gasteiger partial charge in [-0.25, -0.2) is 15.0 Å². The zero-order valence-electron chi connectivity index (χ0n) is 18.0. The van der Waals surface area contributed by atoms with E-state index in [9.17, 15) is 14.4 Å². The van der Waals surface area contributed by atoms with Gasteiger partial charge >= 0.3 is 0 Å². The van der Waals surface area contributed by atoms with Crippen molar-refractivity contribution in [1.82, 2.24) is 29.7 Å². The minimum Gasteiger partial charge on any atom is -0.368 e. The maximum absolute atomic E-state index is 12.5. The van der Waals surface area contributed by atoms with Gasteiger partial charge in [-0.1, -0.05) is 12.1 Å². The molecule has 1 aliphatic heterocycles. The van der Waals surface area contributed by atoms with Crippen LogP contribution in [0.15, 0.2) is 43.0 Å². The number of carbonyl (C=O) groups excluding carboxylic acids is 3. The number of carbonyl (C=O) groups is 3. The Hall–Kier alpha value is -4.08. The Balaban J connectivity index is 1.31. The SMILES string of the molecule is Cc1ncn(-c2cc(NCCNC(=O)C(C)N3C(=O)c4ccccc4C3=O)ncn2)c1C. The Morgan fingerprint density at radius 3 is 2.34 bits per heavy atom. The van der Waals surface area contributed by atoms with Gasteiger partial charge in [-0.3, -0.25) is 23.9 Å². The molecule has 2 N–H and O–H groups in total. The van der Waals surface area contributed by atoms with Gasteiger partial charge in [-0.15, -0.1) is 0 Å². The number of benzene rings is 1. The largest absolute Gasteiger partial charge is 0.368 e. The third-order valence-electron chi connectivity index (χ3n) is 5.47. The highest BCUT2D eigenvalue weighted by molar-refractivity contribution is 6.22. The molecule has 0 saturated carbocycles. The number of aromatic nitrogens is 4. The molecule has 0 radical (unpaired) electrons. The second-order valence-corrected chi connectivity index (χ2v) is 7.47. The van der Waals surface area contributed by atoms with Crippen molar-refractivity contribution in [2.24, 2.45) is 0 Å². The van der Waals surface area contributed by atoms with Crippen LogP contribution in [-0.4, -0.2) is 61.3 Å². The third-order valence-corrected chi connectivity index (χ3v) is 5.47. The van der Waals surface area contributed by atoms with Gasteiger partial charge in [0.1, 0.15) is 30.3 Å². The second-order valence-electron chi connectivity index (χ2n) is 7.47. The van der Waals surface area contributed by atoms with Crippen molar-refractivity contribution in [3.8, 4) is 5.82 Å². The van der Waals surface area contributed by atoms with E-state index in [0.717, 1.165) is 16.3 Å². The summed E-state index contributed by atoms with van der Waals surface area (Å²) in [6, 6.07) is 7.44. The predicted octanol–water partition coefficient (Wildman–Crippen LogP) is 1.49. The Morgan fingerprint density at radius 2 is 1.72 bits per heavy atom. The van der Waals surface area contributed by atoms with Crippen molar-refractivity contribution < 1.29 is 14.4 Å². The molecule has 0 aliphatic carbocycles. The molecule has 10 heteroatoms. The topological polar surface area (TPSA) is 122 Å². The molecule has 32 heavy (non-hydrogen) atoms. The van der Waals surface area contributed by atoms with Crippen molar-refractivity contribution in [3.63, 3.8) is 0 Å². The molecular weight excluding hydrogens is 410 g/mol. The fourth-order valence-corrected chi connectivity index (χ4v) is 3.51. The maximum Gasteiger partial charge on any atom is 0.262 e. The number of hydrogen-bond acceptors (Lipinski definition) is 7. The highest BCUT2D eigenvalue weighted by atomic mass is 16.2. The summed E-state index contributed by atoms with van der Waals surface area (Å²) in [5.41, 5.74) is 2.56. The lowest BCUT2D eigenvalue weighted by Gasteiger charge is -2.21. The number of nitrogens with zero attached hydrogens (tertiary/aromatic N) is 5. The van der Waals surface area contributed by atoms with Crippen LogP contribution in [0.3, 0.4) is 0 Å². The molecule has 1 aliphatic rings. The molecule has 0 bridgehead atoms. The van der Waals surface area contributed by atoms with E-state index in [4.69, 9.17) is 0 Å². The lowest BCUT2D eigenvalue weighted by Crippen LogP contribution is -2.48. The van der Waals surface area contributed by atoms with Gasteiger partial charge in [-0.05, 0) is 32.9 Å². The summed E-state index contributed by atoms with van der Waals surface area (Å²) in [6.45, 7) is 6.12. The molecule has 3 heterocycles. The number of anilines is 1. The van der Waals surface area contributed by atoms with Crippen LogP contribution >= 0.6 is 0 Å². The number of hydrogen-bond donors (Lipinski definition) is 2. The summed E-state index contributed by atoms with van der Waals surface area (Å²) in [5, 5.41) is 5.88. The van der Waals surface area contributed by atoms with Gasteiger partial charge in [0.2, 0.25) is 5.91 Å². The minimum atomic E-state index is -0.916. The highest BCUT2D eigenvalue weighted by Crippen LogP contribution is 2.24. The van der Waals surface area contributed by atoms with Crippen molar-refractivity contribution >= 4 is 23.5 Å². The van der Waals surface area contributed by atoms with Crippen molar-refractivity contribution in [3.05, 3.63) is 65.5 Å². The molecule has 164 valence electrons.